The number of hydrogen-bond acceptors (Lipinski definition) is 4. The number of imidazole rings is 1. The number of halogens is 3. The smallest absolute Gasteiger partial charge is 0.286 e. The first-order chi connectivity index (χ1) is 16.4. The Morgan fingerprint density at radius 3 is 2.35 bits per heavy atom. The molecular weight excluding hydrogens is 493 g/mol. The molecule has 0 aliphatic carbocycles. The molecule has 1 aromatic heterocycles. The zero-order chi connectivity index (χ0) is 24.2. The van der Waals surface area contributed by atoms with Gasteiger partial charge in [-0.25, -0.2) is 9.99 Å². The second-order valence-electron chi connectivity index (χ2n) is 8.49. The number of piperidine rings is 1. The van der Waals surface area contributed by atoms with Crippen LogP contribution in [0, 0.1) is 0 Å². The number of benzene rings is 2. The molecule has 6 nitrogen and oxygen atoms in total. The van der Waals surface area contributed by atoms with E-state index in [1.807, 2.05) is 47.0 Å². The molecule has 0 saturated carbocycles. The summed E-state index contributed by atoms with van der Waals surface area (Å²) in [5, 5.41) is 3.61. The van der Waals surface area contributed by atoms with Crippen LogP contribution in [0.25, 0.3) is 17.1 Å². The van der Waals surface area contributed by atoms with Crippen molar-refractivity contribution in [3.8, 4) is 17.1 Å². The highest BCUT2D eigenvalue weighted by molar-refractivity contribution is 6.36. The van der Waals surface area contributed by atoms with Gasteiger partial charge < -0.3 is 4.90 Å². The molecule has 180 valence electrons. The van der Waals surface area contributed by atoms with Gasteiger partial charge in [-0.1, -0.05) is 48.1 Å². The second kappa shape index (κ2) is 11.1. The first-order valence-corrected chi connectivity index (χ1v) is 12.6. The Balaban J connectivity index is 1.89. The number of nitrogens with one attached hydrogen (secondary N) is 1. The summed E-state index contributed by atoms with van der Waals surface area (Å²) < 4.78 is 1.99. The summed E-state index contributed by atoms with van der Waals surface area (Å²) in [6.07, 6.45) is 3.32. The molecule has 1 saturated heterocycles. The predicted molar refractivity (Wildman–Crippen MR) is 139 cm³/mol. The van der Waals surface area contributed by atoms with Crippen LogP contribution in [0.3, 0.4) is 0 Å². The second-order valence-corrected chi connectivity index (χ2v) is 9.77. The lowest BCUT2D eigenvalue weighted by Gasteiger charge is -2.26. The van der Waals surface area contributed by atoms with Crippen molar-refractivity contribution in [3.05, 3.63) is 68.9 Å². The van der Waals surface area contributed by atoms with Crippen molar-refractivity contribution in [3.63, 3.8) is 0 Å². The highest BCUT2D eigenvalue weighted by Gasteiger charge is 2.27. The van der Waals surface area contributed by atoms with E-state index in [2.05, 4.69) is 17.2 Å². The van der Waals surface area contributed by atoms with Crippen LogP contribution in [0.2, 0.25) is 15.1 Å². The molecule has 1 aliphatic heterocycles. The molecule has 34 heavy (non-hydrogen) atoms. The summed E-state index contributed by atoms with van der Waals surface area (Å²) in [7, 11) is 2.01. The maximum absolute atomic E-state index is 13.5. The number of carbonyl (C=O) groups is 1. The minimum Gasteiger partial charge on any atom is -0.301 e. The predicted octanol–water partition coefficient (Wildman–Crippen LogP) is 6.08. The molecule has 1 N–H and O–H groups in total. The lowest BCUT2D eigenvalue weighted by Crippen LogP contribution is -2.45. The first kappa shape index (κ1) is 25.0. The molecular formula is C25H28Cl3N5O. The molecule has 3 aromatic rings. The zero-order valence-corrected chi connectivity index (χ0v) is 21.6. The molecule has 1 amide bonds. The van der Waals surface area contributed by atoms with Crippen LogP contribution < -0.4 is 5.43 Å². The maximum atomic E-state index is 13.5. The van der Waals surface area contributed by atoms with Crippen LogP contribution in [0.1, 0.15) is 42.4 Å². The summed E-state index contributed by atoms with van der Waals surface area (Å²) >= 11 is 18.9. The van der Waals surface area contributed by atoms with Gasteiger partial charge in [-0.15, -0.1) is 0 Å². The molecule has 0 atom stereocenters. The van der Waals surface area contributed by atoms with E-state index in [-0.39, 0.29) is 5.91 Å². The molecule has 2 aromatic carbocycles. The monoisotopic (exact) mass is 519 g/mol. The highest BCUT2D eigenvalue weighted by Crippen LogP contribution is 2.34. The Bertz CT molecular complexity index is 1160. The van der Waals surface area contributed by atoms with E-state index in [9.17, 15) is 4.79 Å². The molecule has 4 rings (SSSR count). The van der Waals surface area contributed by atoms with E-state index in [0.29, 0.717) is 38.7 Å². The largest absolute Gasteiger partial charge is 0.301 e. The van der Waals surface area contributed by atoms with Crippen molar-refractivity contribution in [2.45, 2.75) is 32.7 Å². The Morgan fingerprint density at radius 1 is 1.03 bits per heavy atom. The minimum atomic E-state index is -0.222. The van der Waals surface area contributed by atoms with Gasteiger partial charge in [0, 0.05) is 40.9 Å². The Morgan fingerprint density at radius 2 is 1.71 bits per heavy atom. The summed E-state index contributed by atoms with van der Waals surface area (Å²) in [6.45, 7) is 5.09. The van der Waals surface area contributed by atoms with Crippen molar-refractivity contribution in [2.24, 2.45) is 0 Å². The average Bonchev–Trinajstić information content (AvgIpc) is 3.19. The van der Waals surface area contributed by atoms with Gasteiger partial charge in [0.25, 0.3) is 5.91 Å². The van der Waals surface area contributed by atoms with Gasteiger partial charge in [-0.3, -0.25) is 14.8 Å². The summed E-state index contributed by atoms with van der Waals surface area (Å²) in [6, 6.07) is 12.8. The summed E-state index contributed by atoms with van der Waals surface area (Å²) in [5.41, 5.74) is 5.76. The summed E-state index contributed by atoms with van der Waals surface area (Å²) in [4.78, 5) is 20.5. The van der Waals surface area contributed by atoms with Crippen molar-refractivity contribution in [2.75, 3.05) is 26.7 Å². The first-order valence-electron chi connectivity index (χ1n) is 11.4. The number of rotatable bonds is 7. The van der Waals surface area contributed by atoms with Gasteiger partial charge in [0.15, 0.2) is 5.69 Å². The fraction of sp³-hybridized carbons (Fsp3) is 0.360. The van der Waals surface area contributed by atoms with E-state index in [0.717, 1.165) is 43.9 Å². The fourth-order valence-corrected chi connectivity index (χ4v) is 4.69. The Labute approximate surface area is 215 Å². The van der Waals surface area contributed by atoms with Gasteiger partial charge in [0.1, 0.15) is 5.82 Å². The van der Waals surface area contributed by atoms with Crippen LogP contribution >= 0.6 is 34.8 Å². The van der Waals surface area contributed by atoms with Gasteiger partial charge in [-0.2, -0.15) is 0 Å². The van der Waals surface area contributed by atoms with Gasteiger partial charge in [-0.05, 0) is 68.9 Å². The average molecular weight is 521 g/mol. The number of hydrogen-bond donors (Lipinski definition) is 1. The quantitative estimate of drug-likeness (QED) is 0.410. The van der Waals surface area contributed by atoms with Crippen LogP contribution in [0.5, 0.6) is 0 Å². The molecule has 1 fully saturated rings. The zero-order valence-electron chi connectivity index (χ0n) is 19.3. The van der Waals surface area contributed by atoms with E-state index in [4.69, 9.17) is 39.8 Å². The van der Waals surface area contributed by atoms with E-state index >= 15 is 0 Å². The molecule has 1 aliphatic rings. The number of amides is 1. The Kier molecular flexibility index (Phi) is 8.17. The normalized spacial score (nSPS) is 14.5. The SMILES string of the molecule is CCN(C)Cc1c(C(=O)NN2CCCCC2)nc(-c2ccc(Cl)cc2Cl)n1-c1ccc(Cl)cc1. The number of carbonyl (C=O) groups excluding carboxylic acids is 1. The third-order valence-corrected chi connectivity index (χ3v) is 6.82. The topological polar surface area (TPSA) is 53.4 Å². The highest BCUT2D eigenvalue weighted by atomic mass is 35.5. The fourth-order valence-electron chi connectivity index (χ4n) is 4.07. The van der Waals surface area contributed by atoms with Crippen LogP contribution in [-0.2, 0) is 6.54 Å². The van der Waals surface area contributed by atoms with Crippen molar-refractivity contribution < 1.29 is 4.79 Å². The van der Waals surface area contributed by atoms with E-state index in [1.54, 1.807) is 12.1 Å². The lowest BCUT2D eigenvalue weighted by atomic mass is 10.2. The van der Waals surface area contributed by atoms with Gasteiger partial charge >= 0.3 is 0 Å². The molecule has 0 unspecified atom stereocenters. The number of nitrogens with zero attached hydrogens (tertiary/aromatic N) is 4. The standard InChI is InChI=1S/C25H28Cl3N5O/c1-3-31(2)16-22-23(25(34)30-32-13-5-4-6-14-32)29-24(20-12-9-18(27)15-21(20)28)33(22)19-10-7-17(26)8-11-19/h7-12,15H,3-6,13-14,16H2,1-2H3,(H,30,34). The van der Waals surface area contributed by atoms with Crippen LogP contribution in [0.15, 0.2) is 42.5 Å². The van der Waals surface area contributed by atoms with Crippen LogP contribution in [-0.4, -0.2) is 52.0 Å². The molecule has 0 bridgehead atoms. The Hall–Kier alpha value is -2.09. The third kappa shape index (κ3) is 5.58. The van der Waals surface area contributed by atoms with E-state index in [1.165, 1.54) is 6.42 Å². The summed E-state index contributed by atoms with van der Waals surface area (Å²) in [5.74, 6) is 0.354. The van der Waals surface area contributed by atoms with Crippen molar-refractivity contribution in [1.82, 2.24) is 24.9 Å². The minimum absolute atomic E-state index is 0.222. The van der Waals surface area contributed by atoms with Crippen LogP contribution in [0.4, 0.5) is 0 Å². The maximum Gasteiger partial charge on any atom is 0.286 e. The molecule has 9 heteroatoms. The van der Waals surface area contributed by atoms with Gasteiger partial charge in [0.05, 0.1) is 10.7 Å². The van der Waals surface area contributed by atoms with E-state index < -0.39 is 0 Å². The number of aromatic nitrogens is 2. The van der Waals surface area contributed by atoms with Crippen molar-refractivity contribution >= 4 is 40.7 Å². The number of hydrazine groups is 1. The lowest BCUT2D eigenvalue weighted by molar-refractivity contribution is 0.0743. The van der Waals surface area contributed by atoms with Gasteiger partial charge in [0.2, 0.25) is 0 Å². The molecule has 0 radical (unpaired) electrons. The molecule has 0 spiro atoms. The third-order valence-electron chi connectivity index (χ3n) is 6.02. The molecule has 2 heterocycles. The van der Waals surface area contributed by atoms with Crippen molar-refractivity contribution in [1.29, 1.82) is 0 Å².